The smallest absolute Gasteiger partial charge is 0.165 e. The summed E-state index contributed by atoms with van der Waals surface area (Å²) in [4.78, 5) is 12.9. The maximum absolute atomic E-state index is 6.30. The number of hydrogen-bond acceptors (Lipinski definition) is 4. The molecule has 5 nitrogen and oxygen atoms in total. The van der Waals surface area contributed by atoms with Crippen LogP contribution >= 0.6 is 23.2 Å². The van der Waals surface area contributed by atoms with Gasteiger partial charge in [-0.05, 0) is 18.1 Å². The van der Waals surface area contributed by atoms with Crippen LogP contribution in [0, 0.1) is 12.3 Å². The van der Waals surface area contributed by atoms with Gasteiger partial charge < -0.3 is 10.3 Å². The Labute approximate surface area is 149 Å². The quantitative estimate of drug-likeness (QED) is 0.556. The predicted octanol–water partition coefficient (Wildman–Crippen LogP) is 3.72. The van der Waals surface area contributed by atoms with Gasteiger partial charge in [-0.25, -0.2) is 15.0 Å². The van der Waals surface area contributed by atoms with Crippen LogP contribution in [-0.2, 0) is 13.0 Å². The van der Waals surface area contributed by atoms with Crippen LogP contribution in [-0.4, -0.2) is 19.5 Å². The van der Waals surface area contributed by atoms with E-state index in [0.717, 1.165) is 17.8 Å². The number of aromatic nitrogens is 4. The van der Waals surface area contributed by atoms with Crippen molar-refractivity contribution in [2.24, 2.45) is 0 Å². The van der Waals surface area contributed by atoms with Gasteiger partial charge in [0.1, 0.15) is 12.2 Å². The summed E-state index contributed by atoms with van der Waals surface area (Å²) in [7, 11) is 0. The molecule has 0 fully saturated rings. The Morgan fingerprint density at radius 3 is 2.88 bits per heavy atom. The third-order valence-corrected chi connectivity index (χ3v) is 4.58. The molecule has 0 spiro atoms. The second kappa shape index (κ2) is 7.08. The Kier molecular flexibility index (Phi) is 4.89. The molecule has 0 aliphatic rings. The first-order chi connectivity index (χ1) is 11.6. The number of nitrogens with zero attached hydrogens (tertiary/aromatic N) is 4. The molecule has 24 heavy (non-hydrogen) atoms. The number of nitrogen functional groups attached to an aromatic ring is 1. The number of terminal acetylenes is 1. The SMILES string of the molecule is C#CCCCn1c(Cc2cccc(Cl)c2Cl)nc2c(N)ncnc21. The summed E-state index contributed by atoms with van der Waals surface area (Å²) in [5, 5.41) is 1.05. The molecule has 2 aromatic heterocycles. The molecule has 0 unspecified atom stereocenters. The van der Waals surface area contributed by atoms with Gasteiger partial charge in [0.25, 0.3) is 0 Å². The maximum Gasteiger partial charge on any atom is 0.165 e. The molecule has 0 saturated carbocycles. The number of anilines is 1. The van der Waals surface area contributed by atoms with Crippen molar-refractivity contribution < 1.29 is 0 Å². The topological polar surface area (TPSA) is 69.6 Å². The molecule has 0 aliphatic heterocycles. The van der Waals surface area contributed by atoms with E-state index in [9.17, 15) is 0 Å². The van der Waals surface area contributed by atoms with Crippen molar-refractivity contribution in [2.45, 2.75) is 25.8 Å². The van der Waals surface area contributed by atoms with E-state index in [1.165, 1.54) is 6.33 Å². The van der Waals surface area contributed by atoms with Gasteiger partial charge >= 0.3 is 0 Å². The zero-order chi connectivity index (χ0) is 17.1. The standard InChI is InChI=1S/C17H15Cl2N5/c1-2-3-4-8-24-13(9-11-6-5-7-12(18)14(11)19)23-15-16(20)21-10-22-17(15)24/h1,5-7,10H,3-4,8-9H2,(H2,20,21,22). The number of halogens is 2. The van der Waals surface area contributed by atoms with E-state index in [4.69, 9.17) is 35.4 Å². The summed E-state index contributed by atoms with van der Waals surface area (Å²) in [6.45, 7) is 0.699. The van der Waals surface area contributed by atoms with E-state index in [0.29, 0.717) is 46.4 Å². The number of unbranched alkanes of at least 4 members (excludes halogenated alkanes) is 1. The van der Waals surface area contributed by atoms with Crippen LogP contribution in [0.15, 0.2) is 24.5 Å². The van der Waals surface area contributed by atoms with E-state index < -0.39 is 0 Å². The van der Waals surface area contributed by atoms with Gasteiger partial charge in [-0.3, -0.25) is 0 Å². The monoisotopic (exact) mass is 359 g/mol. The minimum Gasteiger partial charge on any atom is -0.382 e. The molecule has 122 valence electrons. The van der Waals surface area contributed by atoms with Crippen LogP contribution in [0.4, 0.5) is 5.82 Å². The third kappa shape index (κ3) is 3.16. The summed E-state index contributed by atoms with van der Waals surface area (Å²) in [5.41, 5.74) is 8.12. The highest BCUT2D eigenvalue weighted by Crippen LogP contribution is 2.28. The average Bonchev–Trinajstić information content (AvgIpc) is 2.91. The number of rotatable bonds is 5. The Morgan fingerprint density at radius 1 is 1.25 bits per heavy atom. The number of fused-ring (bicyclic) bond motifs is 1. The molecule has 3 rings (SSSR count). The molecule has 3 aromatic rings. The lowest BCUT2D eigenvalue weighted by molar-refractivity contribution is 0.639. The summed E-state index contributed by atoms with van der Waals surface area (Å²) in [6.07, 6.45) is 8.81. The number of hydrogen-bond donors (Lipinski definition) is 1. The van der Waals surface area contributed by atoms with E-state index in [2.05, 4.69) is 20.9 Å². The Morgan fingerprint density at radius 2 is 2.08 bits per heavy atom. The second-order valence-corrected chi connectivity index (χ2v) is 6.09. The second-order valence-electron chi connectivity index (χ2n) is 5.31. The lowest BCUT2D eigenvalue weighted by atomic mass is 10.1. The minimum absolute atomic E-state index is 0.356. The highest BCUT2D eigenvalue weighted by molar-refractivity contribution is 6.42. The predicted molar refractivity (Wildman–Crippen MR) is 97.1 cm³/mol. The Hall–Kier alpha value is -2.29. The van der Waals surface area contributed by atoms with Crippen molar-refractivity contribution in [2.75, 3.05) is 5.73 Å². The van der Waals surface area contributed by atoms with Gasteiger partial charge in [0, 0.05) is 19.4 Å². The Bertz CT molecular complexity index is 927. The highest BCUT2D eigenvalue weighted by atomic mass is 35.5. The summed E-state index contributed by atoms with van der Waals surface area (Å²) < 4.78 is 2.02. The van der Waals surface area contributed by atoms with Gasteiger partial charge in [0.2, 0.25) is 0 Å². The van der Waals surface area contributed by atoms with Crippen molar-refractivity contribution in [1.82, 2.24) is 19.5 Å². The Balaban J connectivity index is 2.05. The molecule has 0 radical (unpaired) electrons. The number of imidazole rings is 1. The third-order valence-electron chi connectivity index (χ3n) is 3.72. The largest absolute Gasteiger partial charge is 0.382 e. The first kappa shape index (κ1) is 16.6. The molecule has 1 aromatic carbocycles. The number of benzene rings is 1. The molecule has 2 heterocycles. The fourth-order valence-electron chi connectivity index (χ4n) is 2.56. The summed E-state index contributed by atoms with van der Waals surface area (Å²) in [6, 6.07) is 5.55. The average molecular weight is 360 g/mol. The van der Waals surface area contributed by atoms with Gasteiger partial charge in [0.05, 0.1) is 10.0 Å². The zero-order valence-electron chi connectivity index (χ0n) is 12.8. The lowest BCUT2D eigenvalue weighted by Crippen LogP contribution is -2.06. The van der Waals surface area contributed by atoms with Crippen LogP contribution in [0.1, 0.15) is 24.2 Å². The molecule has 0 atom stereocenters. The molecular weight excluding hydrogens is 345 g/mol. The maximum atomic E-state index is 6.30. The van der Waals surface area contributed by atoms with Crippen LogP contribution in [0.3, 0.4) is 0 Å². The van der Waals surface area contributed by atoms with Crippen molar-refractivity contribution in [1.29, 1.82) is 0 Å². The van der Waals surface area contributed by atoms with E-state index in [1.807, 2.05) is 16.7 Å². The molecule has 0 amide bonds. The fraction of sp³-hybridized carbons (Fsp3) is 0.235. The molecule has 2 N–H and O–H groups in total. The molecule has 0 aliphatic carbocycles. The van der Waals surface area contributed by atoms with Gasteiger partial charge in [-0.2, -0.15) is 0 Å². The fourth-order valence-corrected chi connectivity index (χ4v) is 2.95. The number of aryl methyl sites for hydroxylation is 1. The normalized spacial score (nSPS) is 10.9. The van der Waals surface area contributed by atoms with Crippen molar-refractivity contribution >= 4 is 40.2 Å². The van der Waals surface area contributed by atoms with E-state index in [-0.39, 0.29) is 0 Å². The van der Waals surface area contributed by atoms with Gasteiger partial charge in [-0.1, -0.05) is 35.3 Å². The zero-order valence-corrected chi connectivity index (χ0v) is 14.3. The van der Waals surface area contributed by atoms with E-state index in [1.54, 1.807) is 6.07 Å². The van der Waals surface area contributed by atoms with E-state index >= 15 is 0 Å². The minimum atomic E-state index is 0.356. The van der Waals surface area contributed by atoms with Crippen molar-refractivity contribution in [3.05, 3.63) is 46.0 Å². The first-order valence-corrected chi connectivity index (χ1v) is 8.19. The summed E-state index contributed by atoms with van der Waals surface area (Å²) >= 11 is 12.4. The van der Waals surface area contributed by atoms with Crippen molar-refractivity contribution in [3.8, 4) is 12.3 Å². The van der Waals surface area contributed by atoms with Crippen LogP contribution in [0.25, 0.3) is 11.2 Å². The van der Waals surface area contributed by atoms with Crippen LogP contribution in [0.2, 0.25) is 10.0 Å². The van der Waals surface area contributed by atoms with Gasteiger partial charge in [-0.15, -0.1) is 12.3 Å². The first-order valence-electron chi connectivity index (χ1n) is 7.43. The summed E-state index contributed by atoms with van der Waals surface area (Å²) in [5.74, 6) is 3.81. The molecular formula is C17H15Cl2N5. The molecule has 7 heteroatoms. The van der Waals surface area contributed by atoms with Crippen LogP contribution < -0.4 is 5.73 Å². The molecule has 0 bridgehead atoms. The van der Waals surface area contributed by atoms with Gasteiger partial charge in [0.15, 0.2) is 17.0 Å². The van der Waals surface area contributed by atoms with Crippen molar-refractivity contribution in [3.63, 3.8) is 0 Å². The van der Waals surface area contributed by atoms with Crippen LogP contribution in [0.5, 0.6) is 0 Å². The lowest BCUT2D eigenvalue weighted by Gasteiger charge is -2.09. The molecule has 0 saturated heterocycles. The highest BCUT2D eigenvalue weighted by Gasteiger charge is 2.16. The number of nitrogens with two attached hydrogens (primary N) is 1.